The molecule has 4 heteroatoms. The topological polar surface area (TPSA) is 36.9 Å². The van der Waals surface area contributed by atoms with Crippen molar-refractivity contribution in [2.75, 3.05) is 26.4 Å². The number of hydrogen-bond acceptors (Lipinski definition) is 4. The summed E-state index contributed by atoms with van der Waals surface area (Å²) in [6.07, 6.45) is -0.432. The van der Waals surface area contributed by atoms with Gasteiger partial charge < -0.3 is 18.9 Å². The third kappa shape index (κ3) is 3.06. The molecule has 72 valence electrons. The van der Waals surface area contributed by atoms with Crippen molar-refractivity contribution < 1.29 is 18.9 Å². The van der Waals surface area contributed by atoms with Crippen LogP contribution in [0.5, 0.6) is 0 Å². The Morgan fingerprint density at radius 2 is 1.42 bits per heavy atom. The highest BCUT2D eigenvalue weighted by Crippen LogP contribution is 2.08. The van der Waals surface area contributed by atoms with Crippen molar-refractivity contribution in [2.24, 2.45) is 0 Å². The maximum atomic E-state index is 5.31. The lowest BCUT2D eigenvalue weighted by molar-refractivity contribution is -0.287. The first-order valence-corrected chi connectivity index (χ1v) is 4.33. The molecule has 2 atom stereocenters. The van der Waals surface area contributed by atoms with Crippen LogP contribution in [0.4, 0.5) is 0 Å². The Morgan fingerprint density at radius 1 is 1.00 bits per heavy atom. The summed E-state index contributed by atoms with van der Waals surface area (Å²) in [5.74, 6) is 0. The molecule has 1 rings (SSSR count). The molecule has 0 saturated carbocycles. The van der Waals surface area contributed by atoms with Crippen LogP contribution in [-0.2, 0) is 18.9 Å². The van der Waals surface area contributed by atoms with E-state index in [4.69, 9.17) is 18.9 Å². The average Bonchev–Trinajstić information content (AvgIpc) is 2.09. The van der Waals surface area contributed by atoms with Crippen molar-refractivity contribution in [3.8, 4) is 0 Å². The molecule has 1 heterocycles. The van der Waals surface area contributed by atoms with Gasteiger partial charge in [0.25, 0.3) is 0 Å². The summed E-state index contributed by atoms with van der Waals surface area (Å²) < 4.78 is 21.0. The van der Waals surface area contributed by atoms with E-state index in [1.165, 1.54) is 0 Å². The molecule has 1 aliphatic rings. The summed E-state index contributed by atoms with van der Waals surface area (Å²) in [6, 6.07) is 0. The Labute approximate surface area is 72.7 Å². The maximum absolute atomic E-state index is 5.31. The highest BCUT2D eigenvalue weighted by molar-refractivity contribution is 4.53. The van der Waals surface area contributed by atoms with E-state index >= 15 is 0 Å². The van der Waals surface area contributed by atoms with Gasteiger partial charge in [0.05, 0.1) is 0 Å². The van der Waals surface area contributed by atoms with Gasteiger partial charge in [-0.1, -0.05) is 0 Å². The van der Waals surface area contributed by atoms with Gasteiger partial charge >= 0.3 is 0 Å². The fraction of sp³-hybridized carbons (Fsp3) is 1.00. The molecule has 0 amide bonds. The lowest BCUT2D eigenvalue weighted by Crippen LogP contribution is -2.38. The molecule has 0 bridgehead atoms. The van der Waals surface area contributed by atoms with Crippen LogP contribution in [0.15, 0.2) is 0 Å². The molecule has 4 nitrogen and oxygen atoms in total. The lowest BCUT2D eigenvalue weighted by Gasteiger charge is -2.28. The molecule has 0 aromatic heterocycles. The molecule has 1 aliphatic heterocycles. The normalized spacial score (nSPS) is 30.5. The number of hydrogen-bond donors (Lipinski definition) is 0. The first-order chi connectivity index (χ1) is 5.86. The highest BCUT2D eigenvalue weighted by atomic mass is 16.8. The zero-order valence-electron chi connectivity index (χ0n) is 7.62. The van der Waals surface area contributed by atoms with Gasteiger partial charge in [-0.2, -0.15) is 0 Å². The second kappa shape index (κ2) is 5.48. The molecule has 12 heavy (non-hydrogen) atoms. The van der Waals surface area contributed by atoms with Gasteiger partial charge in [-0.05, 0) is 13.8 Å². The average molecular weight is 176 g/mol. The Hall–Kier alpha value is -0.160. The van der Waals surface area contributed by atoms with E-state index in [1.54, 1.807) is 0 Å². The van der Waals surface area contributed by atoms with E-state index in [2.05, 4.69) is 0 Å². The first kappa shape index (κ1) is 9.92. The van der Waals surface area contributed by atoms with Crippen LogP contribution in [0, 0.1) is 0 Å². The van der Waals surface area contributed by atoms with Crippen LogP contribution in [0.3, 0.4) is 0 Å². The SMILES string of the molecule is CCOC1COC(OCC)CO1. The van der Waals surface area contributed by atoms with E-state index in [9.17, 15) is 0 Å². The molecule has 0 aromatic rings. The van der Waals surface area contributed by atoms with Crippen molar-refractivity contribution >= 4 is 0 Å². The zero-order chi connectivity index (χ0) is 8.81. The van der Waals surface area contributed by atoms with E-state index in [0.717, 1.165) is 0 Å². The molecule has 0 aliphatic carbocycles. The van der Waals surface area contributed by atoms with Crippen molar-refractivity contribution in [1.82, 2.24) is 0 Å². The maximum Gasteiger partial charge on any atom is 0.181 e. The van der Waals surface area contributed by atoms with Crippen molar-refractivity contribution in [1.29, 1.82) is 0 Å². The van der Waals surface area contributed by atoms with Crippen molar-refractivity contribution in [3.63, 3.8) is 0 Å². The van der Waals surface area contributed by atoms with Crippen molar-refractivity contribution in [2.45, 2.75) is 26.4 Å². The third-order valence-corrected chi connectivity index (χ3v) is 1.54. The summed E-state index contributed by atoms with van der Waals surface area (Å²) >= 11 is 0. The Bertz CT molecular complexity index is 95.6. The van der Waals surface area contributed by atoms with Gasteiger partial charge in [-0.3, -0.25) is 0 Å². The van der Waals surface area contributed by atoms with Crippen LogP contribution >= 0.6 is 0 Å². The molecule has 0 aromatic carbocycles. The summed E-state index contributed by atoms with van der Waals surface area (Å²) in [5.41, 5.74) is 0. The van der Waals surface area contributed by atoms with Gasteiger partial charge in [-0.15, -0.1) is 0 Å². The smallest absolute Gasteiger partial charge is 0.181 e. The molecule has 2 unspecified atom stereocenters. The van der Waals surface area contributed by atoms with E-state index in [1.807, 2.05) is 13.8 Å². The van der Waals surface area contributed by atoms with E-state index in [0.29, 0.717) is 26.4 Å². The third-order valence-electron chi connectivity index (χ3n) is 1.54. The van der Waals surface area contributed by atoms with E-state index in [-0.39, 0.29) is 12.6 Å². The second-order valence-electron chi connectivity index (χ2n) is 2.44. The van der Waals surface area contributed by atoms with Crippen LogP contribution in [0.2, 0.25) is 0 Å². The summed E-state index contributed by atoms with van der Waals surface area (Å²) in [7, 11) is 0. The van der Waals surface area contributed by atoms with Crippen LogP contribution in [0.1, 0.15) is 13.8 Å². The molecular formula is C8H16O4. The van der Waals surface area contributed by atoms with E-state index < -0.39 is 0 Å². The fourth-order valence-electron chi connectivity index (χ4n) is 1.03. The quantitative estimate of drug-likeness (QED) is 0.633. The predicted octanol–water partition coefficient (Wildman–Crippen LogP) is 0.758. The molecular weight excluding hydrogens is 160 g/mol. The summed E-state index contributed by atoms with van der Waals surface area (Å²) in [5, 5.41) is 0. The number of ether oxygens (including phenoxy) is 4. The zero-order valence-corrected chi connectivity index (χ0v) is 7.62. The van der Waals surface area contributed by atoms with Gasteiger partial charge in [0.1, 0.15) is 13.2 Å². The second-order valence-corrected chi connectivity index (χ2v) is 2.44. The first-order valence-electron chi connectivity index (χ1n) is 4.33. The van der Waals surface area contributed by atoms with Gasteiger partial charge in [-0.25, -0.2) is 0 Å². The molecule has 1 fully saturated rings. The Morgan fingerprint density at radius 3 is 1.67 bits per heavy atom. The van der Waals surface area contributed by atoms with Crippen LogP contribution < -0.4 is 0 Å². The molecule has 0 N–H and O–H groups in total. The standard InChI is InChI=1S/C8H16O4/c1-3-9-7-5-12-8(6-11-7)10-4-2/h7-8H,3-6H2,1-2H3. The summed E-state index contributed by atoms with van der Waals surface area (Å²) in [4.78, 5) is 0. The lowest BCUT2D eigenvalue weighted by atomic mass is 10.5. The fourth-order valence-corrected chi connectivity index (χ4v) is 1.03. The monoisotopic (exact) mass is 176 g/mol. The van der Waals surface area contributed by atoms with Crippen LogP contribution in [0.25, 0.3) is 0 Å². The Balaban J connectivity index is 2.11. The molecule has 0 spiro atoms. The van der Waals surface area contributed by atoms with Crippen molar-refractivity contribution in [3.05, 3.63) is 0 Å². The van der Waals surface area contributed by atoms with Gasteiger partial charge in [0.15, 0.2) is 12.6 Å². The minimum Gasteiger partial charge on any atom is -0.351 e. The Kier molecular flexibility index (Phi) is 4.53. The molecule has 0 radical (unpaired) electrons. The molecule has 1 saturated heterocycles. The minimum atomic E-state index is -0.216. The van der Waals surface area contributed by atoms with Gasteiger partial charge in [0.2, 0.25) is 0 Å². The number of rotatable bonds is 4. The van der Waals surface area contributed by atoms with Crippen LogP contribution in [-0.4, -0.2) is 39.0 Å². The highest BCUT2D eigenvalue weighted by Gasteiger charge is 2.21. The largest absolute Gasteiger partial charge is 0.351 e. The van der Waals surface area contributed by atoms with Gasteiger partial charge in [0, 0.05) is 13.2 Å². The minimum absolute atomic E-state index is 0.216. The summed E-state index contributed by atoms with van der Waals surface area (Å²) in [6.45, 7) is 6.06. The predicted molar refractivity (Wildman–Crippen MR) is 42.7 cm³/mol.